The molecule has 0 aromatic heterocycles. The highest BCUT2D eigenvalue weighted by molar-refractivity contribution is 6.46. The summed E-state index contributed by atoms with van der Waals surface area (Å²) in [6.07, 6.45) is 3.23. The number of aryl methyl sites for hydroxylation is 3. The van der Waals surface area contributed by atoms with E-state index in [4.69, 9.17) is 0 Å². The zero-order chi connectivity index (χ0) is 22.7. The number of hydrogen-bond acceptors (Lipinski definition) is 3. The second-order valence-corrected chi connectivity index (χ2v) is 8.26. The molecule has 2 amide bonds. The maximum atomic E-state index is 13.6. The van der Waals surface area contributed by atoms with E-state index in [1.807, 2.05) is 86.6 Å². The van der Waals surface area contributed by atoms with Crippen LogP contribution in [0.25, 0.3) is 5.57 Å². The Morgan fingerprint density at radius 2 is 1.53 bits per heavy atom. The molecule has 1 aliphatic heterocycles. The van der Waals surface area contributed by atoms with Gasteiger partial charge in [0.2, 0.25) is 0 Å². The molecule has 4 heteroatoms. The van der Waals surface area contributed by atoms with Crippen LogP contribution in [0.15, 0.2) is 78.5 Å². The molecular weight excluding hydrogens is 396 g/mol. The molecule has 0 bridgehead atoms. The predicted octanol–water partition coefficient (Wildman–Crippen LogP) is 6.04. The van der Waals surface area contributed by atoms with E-state index in [9.17, 15) is 9.59 Å². The van der Waals surface area contributed by atoms with E-state index in [0.717, 1.165) is 41.6 Å². The van der Waals surface area contributed by atoms with Crippen LogP contribution in [0, 0.1) is 13.8 Å². The molecular formula is C28H28N2O2. The van der Waals surface area contributed by atoms with E-state index in [-0.39, 0.29) is 11.8 Å². The van der Waals surface area contributed by atoms with Gasteiger partial charge in [-0.3, -0.25) is 9.59 Å². The van der Waals surface area contributed by atoms with Crippen LogP contribution >= 0.6 is 0 Å². The van der Waals surface area contributed by atoms with Crippen molar-refractivity contribution in [3.05, 3.63) is 101 Å². The number of hydrogen-bond donors (Lipinski definition) is 1. The van der Waals surface area contributed by atoms with Gasteiger partial charge in [-0.2, -0.15) is 0 Å². The number of rotatable bonds is 7. The second kappa shape index (κ2) is 9.23. The molecule has 0 radical (unpaired) electrons. The highest BCUT2D eigenvalue weighted by atomic mass is 16.2. The van der Waals surface area contributed by atoms with Crippen molar-refractivity contribution in [1.29, 1.82) is 0 Å². The number of para-hydroxylation sites is 1. The van der Waals surface area contributed by atoms with Crippen molar-refractivity contribution in [2.75, 3.05) is 10.2 Å². The lowest BCUT2D eigenvalue weighted by Crippen LogP contribution is -2.32. The minimum absolute atomic E-state index is 0.305. The van der Waals surface area contributed by atoms with E-state index in [0.29, 0.717) is 17.0 Å². The average molecular weight is 425 g/mol. The van der Waals surface area contributed by atoms with Crippen molar-refractivity contribution in [1.82, 2.24) is 0 Å². The molecule has 1 N–H and O–H groups in total. The number of imide groups is 1. The van der Waals surface area contributed by atoms with Gasteiger partial charge in [0.15, 0.2) is 0 Å². The molecule has 162 valence electrons. The molecule has 3 aromatic carbocycles. The van der Waals surface area contributed by atoms with Crippen molar-refractivity contribution in [2.24, 2.45) is 0 Å². The van der Waals surface area contributed by atoms with Crippen LogP contribution in [0.5, 0.6) is 0 Å². The third-order valence-electron chi connectivity index (χ3n) is 5.94. The average Bonchev–Trinajstić information content (AvgIpc) is 3.04. The van der Waals surface area contributed by atoms with Gasteiger partial charge in [-0.05, 0) is 73.2 Å². The lowest BCUT2D eigenvalue weighted by atomic mass is 9.99. The summed E-state index contributed by atoms with van der Waals surface area (Å²) in [6.45, 7) is 6.21. The van der Waals surface area contributed by atoms with Gasteiger partial charge in [0, 0.05) is 5.69 Å². The SMILES string of the molecule is CCCCc1ccc(N2C(=O)C(Nc3ccccc3)=C(c3ccc(C)c(C)c3)C2=O)cc1. The number of anilines is 2. The molecule has 3 aromatic rings. The maximum Gasteiger partial charge on any atom is 0.282 e. The van der Waals surface area contributed by atoms with Crippen LogP contribution in [0.2, 0.25) is 0 Å². The summed E-state index contributed by atoms with van der Waals surface area (Å²) in [5.74, 6) is -0.647. The molecule has 1 heterocycles. The van der Waals surface area contributed by atoms with Crippen molar-refractivity contribution < 1.29 is 9.59 Å². The third-order valence-corrected chi connectivity index (χ3v) is 5.94. The largest absolute Gasteiger partial charge is 0.350 e. The van der Waals surface area contributed by atoms with Gasteiger partial charge < -0.3 is 5.32 Å². The van der Waals surface area contributed by atoms with Crippen LogP contribution in [-0.4, -0.2) is 11.8 Å². The minimum atomic E-state index is -0.339. The number of unbranched alkanes of at least 4 members (excludes halogenated alkanes) is 1. The van der Waals surface area contributed by atoms with Gasteiger partial charge in [0.1, 0.15) is 5.70 Å². The fraction of sp³-hybridized carbons (Fsp3) is 0.214. The molecule has 0 spiro atoms. The van der Waals surface area contributed by atoms with Crippen LogP contribution < -0.4 is 10.2 Å². The molecule has 0 saturated carbocycles. The molecule has 0 aliphatic carbocycles. The van der Waals surface area contributed by atoms with Crippen molar-refractivity contribution in [2.45, 2.75) is 40.0 Å². The Hall–Kier alpha value is -3.66. The summed E-state index contributed by atoms with van der Waals surface area (Å²) in [5, 5.41) is 3.21. The number of benzene rings is 3. The zero-order valence-electron chi connectivity index (χ0n) is 18.8. The number of nitrogens with zero attached hydrogens (tertiary/aromatic N) is 1. The highest BCUT2D eigenvalue weighted by Crippen LogP contribution is 2.34. The van der Waals surface area contributed by atoms with Crippen molar-refractivity contribution >= 4 is 28.8 Å². The van der Waals surface area contributed by atoms with Gasteiger partial charge in [-0.15, -0.1) is 0 Å². The van der Waals surface area contributed by atoms with Crippen LogP contribution in [0.4, 0.5) is 11.4 Å². The Bertz CT molecular complexity index is 1180. The molecule has 4 nitrogen and oxygen atoms in total. The van der Waals surface area contributed by atoms with Gasteiger partial charge in [-0.25, -0.2) is 4.90 Å². The van der Waals surface area contributed by atoms with E-state index in [2.05, 4.69) is 12.2 Å². The first-order valence-corrected chi connectivity index (χ1v) is 11.1. The van der Waals surface area contributed by atoms with Gasteiger partial charge >= 0.3 is 0 Å². The van der Waals surface area contributed by atoms with Crippen molar-refractivity contribution in [3.8, 4) is 0 Å². The molecule has 0 saturated heterocycles. The number of amides is 2. The summed E-state index contributed by atoms with van der Waals surface area (Å²) >= 11 is 0. The number of carbonyl (C=O) groups is 2. The summed E-state index contributed by atoms with van der Waals surface area (Å²) in [7, 11) is 0. The fourth-order valence-electron chi connectivity index (χ4n) is 3.90. The summed E-state index contributed by atoms with van der Waals surface area (Å²) in [6, 6.07) is 23.1. The number of nitrogens with one attached hydrogen (secondary N) is 1. The minimum Gasteiger partial charge on any atom is -0.350 e. The monoisotopic (exact) mass is 424 g/mol. The van der Waals surface area contributed by atoms with Crippen LogP contribution in [0.1, 0.15) is 42.0 Å². The first kappa shape index (κ1) is 21.6. The topological polar surface area (TPSA) is 49.4 Å². The first-order chi connectivity index (χ1) is 15.5. The standard InChI is InChI=1S/C28H28N2O2/c1-4-5-9-21-13-16-24(17-14-21)30-27(31)25(22-15-12-19(2)20(3)18-22)26(28(30)32)29-23-10-7-6-8-11-23/h6-8,10-18,29H,4-5,9H2,1-3H3. The quantitative estimate of drug-likeness (QED) is 0.470. The molecule has 32 heavy (non-hydrogen) atoms. The normalized spacial score (nSPS) is 13.8. The molecule has 0 atom stereocenters. The Labute approximate surface area is 189 Å². The van der Waals surface area contributed by atoms with E-state index < -0.39 is 0 Å². The summed E-state index contributed by atoms with van der Waals surface area (Å²) in [5.41, 5.74) is 6.23. The third kappa shape index (κ3) is 4.22. The predicted molar refractivity (Wildman–Crippen MR) is 130 cm³/mol. The Balaban J connectivity index is 1.74. The smallest absolute Gasteiger partial charge is 0.282 e. The van der Waals surface area contributed by atoms with Gasteiger partial charge in [-0.1, -0.05) is 61.9 Å². The second-order valence-electron chi connectivity index (χ2n) is 8.26. The van der Waals surface area contributed by atoms with E-state index in [1.165, 1.54) is 10.5 Å². The lowest BCUT2D eigenvalue weighted by Gasteiger charge is -2.16. The van der Waals surface area contributed by atoms with E-state index in [1.54, 1.807) is 0 Å². The van der Waals surface area contributed by atoms with E-state index >= 15 is 0 Å². The highest BCUT2D eigenvalue weighted by Gasteiger charge is 2.40. The molecule has 0 fully saturated rings. The van der Waals surface area contributed by atoms with Gasteiger partial charge in [0.05, 0.1) is 11.3 Å². The lowest BCUT2D eigenvalue weighted by molar-refractivity contribution is -0.120. The summed E-state index contributed by atoms with van der Waals surface area (Å²) < 4.78 is 0. The first-order valence-electron chi connectivity index (χ1n) is 11.1. The fourth-order valence-corrected chi connectivity index (χ4v) is 3.90. The van der Waals surface area contributed by atoms with Crippen LogP contribution in [0.3, 0.4) is 0 Å². The Morgan fingerprint density at radius 1 is 0.812 bits per heavy atom. The molecule has 4 rings (SSSR count). The van der Waals surface area contributed by atoms with Gasteiger partial charge in [0.25, 0.3) is 11.8 Å². The summed E-state index contributed by atoms with van der Waals surface area (Å²) in [4.78, 5) is 28.4. The Kier molecular flexibility index (Phi) is 6.22. The number of carbonyl (C=O) groups excluding carboxylic acids is 2. The van der Waals surface area contributed by atoms with Crippen molar-refractivity contribution in [3.63, 3.8) is 0 Å². The maximum absolute atomic E-state index is 13.6. The van der Waals surface area contributed by atoms with Crippen LogP contribution in [-0.2, 0) is 16.0 Å². The zero-order valence-corrected chi connectivity index (χ0v) is 18.8. The molecule has 1 aliphatic rings. The Morgan fingerprint density at radius 3 is 2.19 bits per heavy atom. The molecule has 0 unspecified atom stereocenters.